The van der Waals surface area contributed by atoms with Crippen molar-refractivity contribution >= 4 is 10.9 Å². The maximum absolute atomic E-state index is 4.03. The molecule has 0 aliphatic heterocycles. The zero-order chi connectivity index (χ0) is 10.6. The molecule has 0 saturated carbocycles. The first-order valence-electron chi connectivity index (χ1n) is 4.96. The Hall–Kier alpha value is -1.44. The van der Waals surface area contributed by atoms with Gasteiger partial charge in [-0.3, -0.25) is 0 Å². The summed E-state index contributed by atoms with van der Waals surface area (Å²) in [4.78, 5) is 0. The average Bonchev–Trinajstić information content (AvgIpc) is 2.23. The van der Waals surface area contributed by atoms with Gasteiger partial charge >= 0.3 is 0 Å². The van der Waals surface area contributed by atoms with Crippen LogP contribution in [0.4, 0.5) is 0 Å². The third-order valence-electron chi connectivity index (χ3n) is 2.13. The lowest BCUT2D eigenvalue weighted by Gasteiger charge is -2.00. The molecule has 2 rings (SSSR count). The molecule has 0 fully saturated rings. The van der Waals surface area contributed by atoms with Gasteiger partial charge < -0.3 is 0 Å². The van der Waals surface area contributed by atoms with Gasteiger partial charge in [0.05, 0.1) is 11.7 Å². The number of nitrogens with zero attached hydrogens (tertiary/aromatic N) is 2. The van der Waals surface area contributed by atoms with Crippen LogP contribution in [0.3, 0.4) is 0 Å². The molecule has 0 aliphatic rings. The van der Waals surface area contributed by atoms with Gasteiger partial charge in [0, 0.05) is 5.39 Å². The first-order chi connectivity index (χ1) is 6.77. The van der Waals surface area contributed by atoms with Crippen molar-refractivity contribution in [2.24, 2.45) is 0 Å². The third-order valence-corrected chi connectivity index (χ3v) is 2.13. The van der Waals surface area contributed by atoms with Crippen molar-refractivity contribution in [1.82, 2.24) is 10.2 Å². The van der Waals surface area contributed by atoms with Gasteiger partial charge in [0.25, 0.3) is 0 Å². The zero-order valence-corrected chi connectivity index (χ0v) is 9.20. The molecule has 0 N–H and O–H groups in total. The normalized spacial score (nSPS) is 9.43. The smallest absolute Gasteiger partial charge is 0.0932 e. The van der Waals surface area contributed by atoms with E-state index in [9.17, 15) is 0 Å². The molecule has 0 amide bonds. The van der Waals surface area contributed by atoms with E-state index >= 15 is 0 Å². The Morgan fingerprint density at radius 3 is 2.36 bits per heavy atom. The monoisotopic (exact) mass is 188 g/mol. The largest absolute Gasteiger partial charge is 0.159 e. The van der Waals surface area contributed by atoms with Gasteiger partial charge in [-0.1, -0.05) is 13.8 Å². The number of aryl methyl sites for hydroxylation is 2. The molecule has 1 heterocycles. The second-order valence-corrected chi connectivity index (χ2v) is 3.03. The van der Waals surface area contributed by atoms with Gasteiger partial charge in [-0.15, -0.1) is 0 Å². The van der Waals surface area contributed by atoms with Crippen molar-refractivity contribution in [2.75, 3.05) is 0 Å². The summed E-state index contributed by atoms with van der Waals surface area (Å²) in [5.41, 5.74) is 3.54. The fourth-order valence-corrected chi connectivity index (χ4v) is 1.25. The minimum absolute atomic E-state index is 0.973. The van der Waals surface area contributed by atoms with E-state index < -0.39 is 0 Å². The van der Waals surface area contributed by atoms with E-state index in [1.165, 1.54) is 11.1 Å². The Balaban J connectivity index is 0.000000461. The number of fused-ring (bicyclic) bond motifs is 1. The molecule has 0 radical (unpaired) electrons. The molecular weight excluding hydrogens is 172 g/mol. The highest BCUT2D eigenvalue weighted by molar-refractivity contribution is 5.79. The molecular formula is C12H16N2. The van der Waals surface area contributed by atoms with Crippen LogP contribution in [0.1, 0.15) is 25.0 Å². The maximum atomic E-state index is 4.03. The van der Waals surface area contributed by atoms with Crippen molar-refractivity contribution in [1.29, 1.82) is 0 Å². The fraction of sp³-hybridized carbons (Fsp3) is 0.333. The lowest BCUT2D eigenvalue weighted by molar-refractivity contribution is 1.07. The predicted octanol–water partition coefficient (Wildman–Crippen LogP) is 3.27. The van der Waals surface area contributed by atoms with Gasteiger partial charge in [-0.05, 0) is 43.2 Å². The van der Waals surface area contributed by atoms with Crippen molar-refractivity contribution < 1.29 is 0 Å². The fourth-order valence-electron chi connectivity index (χ4n) is 1.25. The van der Waals surface area contributed by atoms with Crippen LogP contribution in [0.2, 0.25) is 0 Å². The molecule has 0 atom stereocenters. The summed E-state index contributed by atoms with van der Waals surface area (Å²) in [6.45, 7) is 8.19. The highest BCUT2D eigenvalue weighted by Crippen LogP contribution is 2.15. The number of hydrogen-bond donors (Lipinski definition) is 0. The summed E-state index contributed by atoms with van der Waals surface area (Å²) in [5, 5.41) is 9.03. The van der Waals surface area contributed by atoms with Crippen molar-refractivity contribution in [3.63, 3.8) is 0 Å². The Labute approximate surface area is 85.0 Å². The minimum Gasteiger partial charge on any atom is -0.159 e. The van der Waals surface area contributed by atoms with E-state index in [0.717, 1.165) is 10.9 Å². The first-order valence-corrected chi connectivity index (χ1v) is 4.96. The van der Waals surface area contributed by atoms with Crippen molar-refractivity contribution in [3.8, 4) is 0 Å². The van der Waals surface area contributed by atoms with E-state index in [1.54, 1.807) is 6.20 Å². The Morgan fingerprint density at radius 1 is 1.00 bits per heavy atom. The molecule has 2 heteroatoms. The van der Waals surface area contributed by atoms with Gasteiger partial charge in [-0.25, -0.2) is 0 Å². The summed E-state index contributed by atoms with van der Waals surface area (Å²) in [5.74, 6) is 0. The molecule has 2 nitrogen and oxygen atoms in total. The SMILES string of the molecule is CC.Cc1cc2ccnnc2cc1C. The first kappa shape index (κ1) is 10.6. The highest BCUT2D eigenvalue weighted by Gasteiger charge is 1.97. The Kier molecular flexibility index (Phi) is 3.57. The third kappa shape index (κ3) is 2.08. The second-order valence-electron chi connectivity index (χ2n) is 3.03. The van der Waals surface area contributed by atoms with E-state index in [-0.39, 0.29) is 0 Å². The Bertz CT molecular complexity index is 381. The van der Waals surface area contributed by atoms with Crippen LogP contribution >= 0.6 is 0 Å². The topological polar surface area (TPSA) is 25.8 Å². The van der Waals surface area contributed by atoms with Gasteiger partial charge in [0.15, 0.2) is 0 Å². The molecule has 0 aliphatic carbocycles. The van der Waals surface area contributed by atoms with Gasteiger partial charge in [-0.2, -0.15) is 10.2 Å². The second kappa shape index (κ2) is 4.70. The van der Waals surface area contributed by atoms with E-state index in [4.69, 9.17) is 0 Å². The molecule has 0 bridgehead atoms. The quantitative estimate of drug-likeness (QED) is 0.634. The van der Waals surface area contributed by atoms with Crippen molar-refractivity contribution in [2.45, 2.75) is 27.7 Å². The summed E-state index contributed by atoms with van der Waals surface area (Å²) in [6.07, 6.45) is 1.72. The summed E-state index contributed by atoms with van der Waals surface area (Å²) < 4.78 is 0. The lowest BCUT2D eigenvalue weighted by atomic mass is 10.1. The molecule has 1 aromatic heterocycles. The number of aromatic nitrogens is 2. The molecule has 0 spiro atoms. The molecule has 0 unspecified atom stereocenters. The highest BCUT2D eigenvalue weighted by atomic mass is 15.1. The summed E-state index contributed by atoms with van der Waals surface area (Å²) in [7, 11) is 0. The molecule has 14 heavy (non-hydrogen) atoms. The predicted molar refractivity (Wildman–Crippen MR) is 60.4 cm³/mol. The molecule has 2 aromatic rings. The van der Waals surface area contributed by atoms with E-state index in [2.05, 4.69) is 36.2 Å². The Morgan fingerprint density at radius 2 is 1.64 bits per heavy atom. The van der Waals surface area contributed by atoms with Crippen LogP contribution in [0.15, 0.2) is 24.4 Å². The van der Waals surface area contributed by atoms with E-state index in [1.807, 2.05) is 19.9 Å². The van der Waals surface area contributed by atoms with Crippen molar-refractivity contribution in [3.05, 3.63) is 35.5 Å². The van der Waals surface area contributed by atoms with Gasteiger partial charge in [0.1, 0.15) is 0 Å². The van der Waals surface area contributed by atoms with Crippen LogP contribution in [0.5, 0.6) is 0 Å². The molecule has 74 valence electrons. The number of rotatable bonds is 0. The standard InChI is InChI=1S/C10H10N2.C2H6/c1-7-5-9-3-4-11-12-10(9)6-8(7)2;1-2/h3-6H,1-2H3;1-2H3. The summed E-state index contributed by atoms with van der Waals surface area (Å²) in [6, 6.07) is 6.19. The number of hydrogen-bond acceptors (Lipinski definition) is 2. The lowest BCUT2D eigenvalue weighted by Crippen LogP contribution is -1.86. The minimum atomic E-state index is 0.973. The zero-order valence-electron chi connectivity index (χ0n) is 9.20. The van der Waals surface area contributed by atoms with Crippen LogP contribution in [0, 0.1) is 13.8 Å². The van der Waals surface area contributed by atoms with Gasteiger partial charge in [0.2, 0.25) is 0 Å². The summed E-state index contributed by atoms with van der Waals surface area (Å²) >= 11 is 0. The van der Waals surface area contributed by atoms with Crippen LogP contribution in [-0.4, -0.2) is 10.2 Å². The molecule has 1 aromatic carbocycles. The van der Waals surface area contributed by atoms with Crippen LogP contribution < -0.4 is 0 Å². The molecule has 0 saturated heterocycles. The van der Waals surface area contributed by atoms with E-state index in [0.29, 0.717) is 0 Å². The maximum Gasteiger partial charge on any atom is 0.0932 e. The van der Waals surface area contributed by atoms with Crippen LogP contribution in [-0.2, 0) is 0 Å². The van der Waals surface area contributed by atoms with Crippen LogP contribution in [0.25, 0.3) is 10.9 Å². The average molecular weight is 188 g/mol. The number of benzene rings is 1.